The maximum atomic E-state index is 13.3. The van der Waals surface area contributed by atoms with E-state index in [1.165, 1.54) is 19.1 Å². The van der Waals surface area contributed by atoms with E-state index in [0.29, 0.717) is 49.3 Å². The fraction of sp³-hybridized carbons (Fsp3) is 0.214. The Kier molecular flexibility index (Phi) is 6.72. The van der Waals surface area contributed by atoms with Crippen molar-refractivity contribution < 1.29 is 36.2 Å². The molecular formula is C28H21F6N5O2. The molecule has 0 atom stereocenters. The van der Waals surface area contributed by atoms with Crippen LogP contribution in [0.25, 0.3) is 32.9 Å². The highest BCUT2D eigenvalue weighted by molar-refractivity contribution is 5.99. The number of hydrogen-bond donors (Lipinski definition) is 2. The smallest absolute Gasteiger partial charge is 0.372 e. The number of nitrogens with zero attached hydrogens (tertiary/aromatic N) is 4. The molecule has 0 saturated heterocycles. The zero-order chi connectivity index (χ0) is 29.7. The van der Waals surface area contributed by atoms with E-state index in [-0.39, 0.29) is 11.3 Å². The molecule has 0 aliphatic heterocycles. The summed E-state index contributed by atoms with van der Waals surface area (Å²) in [6, 6.07) is 13.2. The van der Waals surface area contributed by atoms with Crippen molar-refractivity contribution in [1.82, 2.24) is 19.7 Å². The first-order valence-corrected chi connectivity index (χ1v) is 12.1. The number of ketones is 1. The fourth-order valence-electron chi connectivity index (χ4n) is 4.52. The van der Waals surface area contributed by atoms with Gasteiger partial charge in [-0.05, 0) is 61.9 Å². The van der Waals surface area contributed by atoms with E-state index < -0.39 is 24.5 Å². The molecule has 0 aliphatic carbocycles. The highest BCUT2D eigenvalue weighted by Gasteiger charge is 2.70. The van der Waals surface area contributed by atoms with E-state index in [9.17, 15) is 36.2 Å². The lowest BCUT2D eigenvalue weighted by Gasteiger charge is -2.32. The van der Waals surface area contributed by atoms with Gasteiger partial charge in [-0.3, -0.25) is 14.5 Å². The van der Waals surface area contributed by atoms with Crippen molar-refractivity contribution in [1.29, 1.82) is 0 Å². The predicted molar refractivity (Wildman–Crippen MR) is 140 cm³/mol. The number of aromatic nitrogens is 4. The van der Waals surface area contributed by atoms with Crippen LogP contribution < -0.4 is 5.32 Å². The number of carbonyl (C=O) groups excluding carboxylic acids is 1. The summed E-state index contributed by atoms with van der Waals surface area (Å²) in [6.07, 6.45) is -7.59. The number of carbonyl (C=O) groups is 1. The van der Waals surface area contributed by atoms with Crippen LogP contribution in [-0.2, 0) is 6.54 Å². The van der Waals surface area contributed by atoms with Gasteiger partial charge in [0.25, 0.3) is 5.60 Å². The number of aryl methyl sites for hydroxylation is 1. The summed E-state index contributed by atoms with van der Waals surface area (Å²) in [4.78, 5) is 20.5. The third kappa shape index (κ3) is 4.97. The minimum absolute atomic E-state index is 0.0172. The summed E-state index contributed by atoms with van der Waals surface area (Å²) >= 11 is 0. The van der Waals surface area contributed by atoms with Crippen molar-refractivity contribution >= 4 is 39.0 Å². The lowest BCUT2D eigenvalue weighted by molar-refractivity contribution is -0.372. The normalized spacial score (nSPS) is 12.7. The number of halogens is 6. The van der Waals surface area contributed by atoms with E-state index in [0.717, 1.165) is 11.6 Å². The summed E-state index contributed by atoms with van der Waals surface area (Å²) in [7, 11) is 0. The van der Waals surface area contributed by atoms with E-state index in [1.807, 2.05) is 0 Å². The van der Waals surface area contributed by atoms with Gasteiger partial charge in [-0.2, -0.15) is 31.4 Å². The third-order valence-electron chi connectivity index (χ3n) is 6.88. The number of alkyl halides is 6. The quantitative estimate of drug-likeness (QED) is 0.172. The molecule has 0 radical (unpaired) electrons. The highest BCUT2D eigenvalue weighted by Crippen LogP contribution is 2.44. The monoisotopic (exact) mass is 573 g/mol. The van der Waals surface area contributed by atoms with Gasteiger partial charge in [0.2, 0.25) is 0 Å². The molecule has 5 aromatic rings. The molecule has 0 unspecified atom stereocenters. The summed E-state index contributed by atoms with van der Waals surface area (Å²) in [5.74, 6) is 0.415. The molecule has 0 fully saturated rings. The number of fused-ring (bicyclic) bond motifs is 2. The number of anilines is 2. The first kappa shape index (κ1) is 28.0. The minimum atomic E-state index is -5.97. The molecule has 0 spiro atoms. The van der Waals surface area contributed by atoms with Gasteiger partial charge in [-0.25, -0.2) is 4.98 Å². The topological polar surface area (TPSA) is 92.9 Å². The largest absolute Gasteiger partial charge is 0.428 e. The van der Waals surface area contributed by atoms with E-state index >= 15 is 0 Å². The van der Waals surface area contributed by atoms with Crippen LogP contribution in [0, 0.1) is 6.92 Å². The Morgan fingerprint density at radius 3 is 2.24 bits per heavy atom. The van der Waals surface area contributed by atoms with Gasteiger partial charge in [0.1, 0.15) is 5.82 Å². The number of Topliss-reactive ketones (excluding diaryl/α,β-unsaturated/α-hetero) is 1. The van der Waals surface area contributed by atoms with Gasteiger partial charge >= 0.3 is 12.4 Å². The van der Waals surface area contributed by atoms with Crippen LogP contribution in [0.1, 0.15) is 22.8 Å². The van der Waals surface area contributed by atoms with Gasteiger partial charge in [0, 0.05) is 45.4 Å². The first-order chi connectivity index (χ1) is 19.2. The van der Waals surface area contributed by atoms with Crippen LogP contribution >= 0.6 is 0 Å². The van der Waals surface area contributed by atoms with Crippen LogP contribution in [0.5, 0.6) is 0 Å². The summed E-state index contributed by atoms with van der Waals surface area (Å²) in [6.45, 7) is 1.26. The van der Waals surface area contributed by atoms with Crippen LogP contribution in [0.15, 0.2) is 67.1 Å². The molecule has 212 valence electrons. The van der Waals surface area contributed by atoms with Crippen molar-refractivity contribution in [3.8, 4) is 11.3 Å². The molecule has 0 saturated carbocycles. The summed E-state index contributed by atoms with van der Waals surface area (Å²) in [5, 5.41) is 18.3. The Bertz CT molecular complexity index is 1760. The van der Waals surface area contributed by atoms with Crippen LogP contribution in [-0.4, -0.2) is 48.6 Å². The molecule has 0 aliphatic rings. The van der Waals surface area contributed by atoms with Crippen molar-refractivity contribution in [3.05, 3.63) is 78.2 Å². The molecule has 0 bridgehead atoms. The predicted octanol–water partition coefficient (Wildman–Crippen LogP) is 6.76. The SMILES string of the molecule is CC(=O)c1ccc(Nc2cc3c(-c4ccc5c(cnn5CC(O)(C(F)(F)F)C(F)(F)F)c4C)nccc3cn2)cc1. The average Bonchev–Trinajstić information content (AvgIpc) is 3.31. The van der Waals surface area contributed by atoms with Crippen molar-refractivity contribution in [2.75, 3.05) is 5.32 Å². The lowest BCUT2D eigenvalue weighted by atomic mass is 9.98. The Morgan fingerprint density at radius 2 is 1.61 bits per heavy atom. The molecule has 3 heterocycles. The third-order valence-corrected chi connectivity index (χ3v) is 6.88. The Labute approximate surface area is 228 Å². The zero-order valence-electron chi connectivity index (χ0n) is 21.5. The highest BCUT2D eigenvalue weighted by atomic mass is 19.4. The van der Waals surface area contributed by atoms with E-state index in [2.05, 4.69) is 20.4 Å². The average molecular weight is 573 g/mol. The summed E-state index contributed by atoms with van der Waals surface area (Å²) in [5.41, 5.74) is -2.15. The van der Waals surface area contributed by atoms with Crippen molar-refractivity contribution in [2.24, 2.45) is 0 Å². The molecule has 41 heavy (non-hydrogen) atoms. The number of pyridine rings is 2. The molecule has 5 rings (SSSR count). The van der Waals surface area contributed by atoms with Crippen LogP contribution in [0.4, 0.5) is 37.8 Å². The maximum Gasteiger partial charge on any atom is 0.428 e. The standard InChI is InChI=1S/C28H21F6N5O2/c1-15-20(7-8-23-22(15)13-37-39(23)14-26(41,27(29,30)31)28(32,33)34)25-21-11-24(36-12-18(21)9-10-35-25)38-19-5-3-17(4-6-19)16(2)40/h3-13,41H,14H2,1-2H3,(H,36,38). The van der Waals surface area contributed by atoms with Crippen LogP contribution in [0.2, 0.25) is 0 Å². The molecular weight excluding hydrogens is 552 g/mol. The van der Waals surface area contributed by atoms with Gasteiger partial charge in [0.15, 0.2) is 5.78 Å². The first-order valence-electron chi connectivity index (χ1n) is 12.1. The maximum absolute atomic E-state index is 13.3. The Hall–Kier alpha value is -4.52. The molecule has 2 aromatic carbocycles. The molecule has 3 aromatic heterocycles. The minimum Gasteiger partial charge on any atom is -0.372 e. The summed E-state index contributed by atoms with van der Waals surface area (Å²) < 4.78 is 80.2. The molecule has 2 N–H and O–H groups in total. The molecule has 13 heteroatoms. The van der Waals surface area contributed by atoms with Gasteiger partial charge < -0.3 is 10.4 Å². The van der Waals surface area contributed by atoms with Crippen molar-refractivity contribution in [3.63, 3.8) is 0 Å². The van der Waals surface area contributed by atoms with Gasteiger partial charge in [0.05, 0.1) is 24.0 Å². The Morgan fingerprint density at radius 1 is 0.927 bits per heavy atom. The second kappa shape index (κ2) is 9.84. The molecule has 0 amide bonds. The Balaban J connectivity index is 1.54. The van der Waals surface area contributed by atoms with Crippen molar-refractivity contribution in [2.45, 2.75) is 38.3 Å². The van der Waals surface area contributed by atoms with Gasteiger partial charge in [-0.1, -0.05) is 6.07 Å². The number of aliphatic hydroxyl groups is 1. The number of hydrogen-bond acceptors (Lipinski definition) is 6. The van der Waals surface area contributed by atoms with Crippen LogP contribution in [0.3, 0.4) is 0 Å². The lowest BCUT2D eigenvalue weighted by Crippen LogP contribution is -2.59. The van der Waals surface area contributed by atoms with Gasteiger partial charge in [-0.15, -0.1) is 0 Å². The second-order valence-corrected chi connectivity index (χ2v) is 9.54. The fourth-order valence-corrected chi connectivity index (χ4v) is 4.52. The zero-order valence-corrected chi connectivity index (χ0v) is 21.5. The molecule has 7 nitrogen and oxygen atoms in total. The van der Waals surface area contributed by atoms with E-state index in [4.69, 9.17) is 0 Å². The van der Waals surface area contributed by atoms with E-state index in [1.54, 1.807) is 55.7 Å². The number of benzene rings is 2. The second-order valence-electron chi connectivity index (χ2n) is 9.54. The number of nitrogens with one attached hydrogen (secondary N) is 1. The number of rotatable bonds is 6.